The van der Waals surface area contributed by atoms with Gasteiger partial charge in [-0.1, -0.05) is 30.3 Å². The number of halogens is 4. The Hall–Kier alpha value is -3.46. The van der Waals surface area contributed by atoms with Crippen molar-refractivity contribution in [3.05, 3.63) is 83.6 Å². The number of hydrogen-bond donors (Lipinski definition) is 1. The third kappa shape index (κ3) is 5.58. The van der Waals surface area contributed by atoms with Gasteiger partial charge in [0.25, 0.3) is 0 Å². The third-order valence-corrected chi connectivity index (χ3v) is 4.55. The van der Waals surface area contributed by atoms with E-state index in [1.54, 1.807) is 18.5 Å². The van der Waals surface area contributed by atoms with Gasteiger partial charge in [-0.05, 0) is 46.3 Å². The van der Waals surface area contributed by atoms with Crippen LogP contribution in [0.5, 0.6) is 5.75 Å². The van der Waals surface area contributed by atoms with Crippen LogP contribution in [0.25, 0.3) is 22.6 Å². The Kier molecular flexibility index (Phi) is 5.85. The van der Waals surface area contributed by atoms with Crippen LogP contribution in [0.4, 0.5) is 24.7 Å². The van der Waals surface area contributed by atoms with Gasteiger partial charge in [0.15, 0.2) is 5.82 Å². The third-order valence-electron chi connectivity index (χ3n) is 4.12. The second-order valence-corrected chi connectivity index (χ2v) is 7.33. The summed E-state index contributed by atoms with van der Waals surface area (Å²) in [4.78, 5) is 13.4. The number of rotatable bonds is 5. The Morgan fingerprint density at radius 2 is 1.58 bits per heavy atom. The van der Waals surface area contributed by atoms with Crippen molar-refractivity contribution in [2.45, 2.75) is 6.36 Å². The van der Waals surface area contributed by atoms with Crippen molar-refractivity contribution in [2.75, 3.05) is 5.32 Å². The Morgan fingerprint density at radius 1 is 0.839 bits per heavy atom. The minimum absolute atomic E-state index is 0.299. The molecule has 1 N–H and O–H groups in total. The number of nitrogens with one attached hydrogen (secondary N) is 1. The summed E-state index contributed by atoms with van der Waals surface area (Å²) in [5.74, 6) is 0.678. The molecular formula is C22H14BrF3N4O. The predicted octanol–water partition coefficient (Wildman–Crippen LogP) is 6.61. The zero-order valence-electron chi connectivity index (χ0n) is 15.8. The van der Waals surface area contributed by atoms with Crippen molar-refractivity contribution in [1.29, 1.82) is 0 Å². The molecule has 2 aromatic carbocycles. The number of benzene rings is 2. The lowest BCUT2D eigenvalue weighted by Crippen LogP contribution is -2.16. The van der Waals surface area contributed by atoms with E-state index in [0.717, 1.165) is 15.6 Å². The summed E-state index contributed by atoms with van der Waals surface area (Å²) in [6, 6.07) is 18.5. The van der Waals surface area contributed by atoms with E-state index in [9.17, 15) is 13.2 Å². The molecule has 0 spiro atoms. The van der Waals surface area contributed by atoms with Crippen molar-refractivity contribution in [3.63, 3.8) is 0 Å². The maximum atomic E-state index is 12.4. The lowest BCUT2D eigenvalue weighted by molar-refractivity contribution is -0.274. The molecule has 5 nitrogen and oxygen atoms in total. The summed E-state index contributed by atoms with van der Waals surface area (Å²) in [7, 11) is 0. The SMILES string of the molecule is FC(F)(F)Oc1ccc(Nc2cc(-c3cncc(Br)c3)nc(-c3ccccc3)n2)cc1. The van der Waals surface area contributed by atoms with Crippen LogP contribution in [0.15, 0.2) is 83.6 Å². The minimum Gasteiger partial charge on any atom is -0.406 e. The van der Waals surface area contributed by atoms with Crippen molar-refractivity contribution >= 4 is 27.4 Å². The number of ether oxygens (including phenoxy) is 1. The first-order chi connectivity index (χ1) is 14.9. The van der Waals surface area contributed by atoms with Crippen LogP contribution in [0, 0.1) is 0 Å². The number of pyridine rings is 1. The molecule has 2 aromatic heterocycles. The molecule has 9 heteroatoms. The summed E-state index contributed by atoms with van der Waals surface area (Å²) in [6.07, 6.45) is -1.37. The monoisotopic (exact) mass is 486 g/mol. The van der Waals surface area contributed by atoms with Crippen LogP contribution in [-0.2, 0) is 0 Å². The second-order valence-electron chi connectivity index (χ2n) is 6.42. The first kappa shape index (κ1) is 20.8. The average Bonchev–Trinajstić information content (AvgIpc) is 2.74. The fraction of sp³-hybridized carbons (Fsp3) is 0.0455. The molecule has 0 saturated heterocycles. The molecule has 0 aliphatic carbocycles. The van der Waals surface area contributed by atoms with Gasteiger partial charge in [-0.15, -0.1) is 13.2 Å². The Labute approximate surface area is 184 Å². The van der Waals surface area contributed by atoms with Crippen LogP contribution in [0.1, 0.15) is 0 Å². The van der Waals surface area contributed by atoms with Crippen LogP contribution < -0.4 is 10.1 Å². The maximum absolute atomic E-state index is 12.4. The normalized spacial score (nSPS) is 11.2. The molecular weight excluding hydrogens is 473 g/mol. The zero-order chi connectivity index (χ0) is 21.8. The molecule has 0 amide bonds. The summed E-state index contributed by atoms with van der Waals surface area (Å²) in [6.45, 7) is 0. The molecule has 0 unspecified atom stereocenters. The summed E-state index contributed by atoms with van der Waals surface area (Å²) in [5, 5.41) is 3.11. The van der Waals surface area contributed by atoms with E-state index in [4.69, 9.17) is 0 Å². The fourth-order valence-electron chi connectivity index (χ4n) is 2.82. The van der Waals surface area contributed by atoms with Gasteiger partial charge in [-0.25, -0.2) is 9.97 Å². The van der Waals surface area contributed by atoms with Crippen LogP contribution in [0.3, 0.4) is 0 Å². The quantitative estimate of drug-likeness (QED) is 0.343. The first-order valence-electron chi connectivity index (χ1n) is 9.04. The van der Waals surface area contributed by atoms with Gasteiger partial charge in [-0.2, -0.15) is 0 Å². The molecule has 4 aromatic rings. The predicted molar refractivity (Wildman–Crippen MR) is 115 cm³/mol. The highest BCUT2D eigenvalue weighted by molar-refractivity contribution is 9.10. The van der Waals surface area contributed by atoms with E-state index in [-0.39, 0.29) is 5.75 Å². The topological polar surface area (TPSA) is 59.9 Å². The highest BCUT2D eigenvalue weighted by atomic mass is 79.9. The number of alkyl halides is 3. The van der Waals surface area contributed by atoms with Crippen molar-refractivity contribution in [1.82, 2.24) is 15.0 Å². The molecule has 31 heavy (non-hydrogen) atoms. The van der Waals surface area contributed by atoms with E-state index in [0.29, 0.717) is 23.0 Å². The van der Waals surface area contributed by atoms with E-state index in [1.807, 2.05) is 36.4 Å². The molecule has 0 saturated carbocycles. The first-order valence-corrected chi connectivity index (χ1v) is 9.83. The standard InChI is InChI=1S/C22H14BrF3N4O/c23-16-10-15(12-27-13-16)19-11-20(30-21(29-19)14-4-2-1-3-5-14)28-17-6-8-18(9-7-17)31-22(24,25)26/h1-13H,(H,28,29,30). The van der Waals surface area contributed by atoms with E-state index in [2.05, 4.69) is 40.9 Å². The van der Waals surface area contributed by atoms with E-state index in [1.165, 1.54) is 24.3 Å². The van der Waals surface area contributed by atoms with Gasteiger partial charge in [0.05, 0.1) is 5.69 Å². The fourth-order valence-corrected chi connectivity index (χ4v) is 3.18. The average molecular weight is 487 g/mol. The number of anilines is 2. The molecule has 0 radical (unpaired) electrons. The smallest absolute Gasteiger partial charge is 0.406 e. The molecule has 0 atom stereocenters. The van der Waals surface area contributed by atoms with Crippen molar-refractivity contribution in [3.8, 4) is 28.4 Å². The molecule has 0 aliphatic heterocycles. The molecule has 2 heterocycles. The Balaban J connectivity index is 1.69. The van der Waals surface area contributed by atoms with Crippen LogP contribution in [-0.4, -0.2) is 21.3 Å². The van der Waals surface area contributed by atoms with E-state index < -0.39 is 6.36 Å². The van der Waals surface area contributed by atoms with Gasteiger partial charge in [0.2, 0.25) is 0 Å². The van der Waals surface area contributed by atoms with E-state index >= 15 is 0 Å². The molecule has 0 bridgehead atoms. The number of hydrogen-bond acceptors (Lipinski definition) is 5. The van der Waals surface area contributed by atoms with Gasteiger partial charge >= 0.3 is 6.36 Å². The highest BCUT2D eigenvalue weighted by Gasteiger charge is 2.30. The minimum atomic E-state index is -4.74. The van der Waals surface area contributed by atoms with Crippen molar-refractivity contribution < 1.29 is 17.9 Å². The lowest BCUT2D eigenvalue weighted by Gasteiger charge is -2.12. The lowest BCUT2D eigenvalue weighted by atomic mass is 10.1. The molecule has 4 rings (SSSR count). The summed E-state index contributed by atoms with van der Waals surface area (Å²) in [5.41, 5.74) is 2.79. The van der Waals surface area contributed by atoms with Crippen LogP contribution in [0.2, 0.25) is 0 Å². The van der Waals surface area contributed by atoms with Crippen LogP contribution >= 0.6 is 15.9 Å². The zero-order valence-corrected chi connectivity index (χ0v) is 17.4. The largest absolute Gasteiger partial charge is 0.573 e. The van der Waals surface area contributed by atoms with Gasteiger partial charge in [0, 0.05) is 39.7 Å². The highest BCUT2D eigenvalue weighted by Crippen LogP contribution is 2.28. The van der Waals surface area contributed by atoms with Gasteiger partial charge < -0.3 is 10.1 Å². The molecule has 156 valence electrons. The number of nitrogens with zero attached hydrogens (tertiary/aromatic N) is 3. The summed E-state index contributed by atoms with van der Waals surface area (Å²) < 4.78 is 41.8. The Morgan fingerprint density at radius 3 is 2.26 bits per heavy atom. The van der Waals surface area contributed by atoms with Crippen molar-refractivity contribution in [2.24, 2.45) is 0 Å². The van der Waals surface area contributed by atoms with Gasteiger partial charge in [-0.3, -0.25) is 4.98 Å². The summed E-state index contributed by atoms with van der Waals surface area (Å²) >= 11 is 3.41. The Bertz CT molecular complexity index is 1190. The maximum Gasteiger partial charge on any atom is 0.573 e. The van der Waals surface area contributed by atoms with Gasteiger partial charge in [0.1, 0.15) is 11.6 Å². The second kappa shape index (κ2) is 8.73. The molecule has 0 fully saturated rings. The number of aromatic nitrogens is 3. The molecule has 0 aliphatic rings.